The highest BCUT2D eigenvalue weighted by atomic mass is 19.1. The van der Waals surface area contributed by atoms with E-state index < -0.39 is 0 Å². The molecule has 1 N–H and O–H groups in total. The van der Waals surface area contributed by atoms with Gasteiger partial charge in [-0.05, 0) is 43.7 Å². The van der Waals surface area contributed by atoms with Crippen molar-refractivity contribution in [2.75, 3.05) is 0 Å². The fraction of sp³-hybridized carbons (Fsp3) is 0.278. The second-order valence-corrected chi connectivity index (χ2v) is 5.85. The number of benzene rings is 1. The van der Waals surface area contributed by atoms with Crippen LogP contribution in [0.25, 0.3) is 22.3 Å². The molecule has 3 rings (SSSR count). The zero-order valence-corrected chi connectivity index (χ0v) is 13.9. The molecule has 0 aliphatic rings. The molecule has 0 aliphatic heterocycles. The van der Waals surface area contributed by atoms with Crippen LogP contribution in [0, 0.1) is 5.82 Å². The Bertz CT molecular complexity index is 886. The third-order valence-corrected chi connectivity index (χ3v) is 4.08. The molecule has 0 saturated carbocycles. The molecule has 124 valence electrons. The van der Waals surface area contributed by atoms with E-state index in [2.05, 4.69) is 15.4 Å². The van der Waals surface area contributed by atoms with Gasteiger partial charge >= 0.3 is 0 Å². The smallest absolute Gasteiger partial charge is 0.252 e. The molecule has 0 radical (unpaired) electrons. The molecule has 3 aromatic rings. The lowest BCUT2D eigenvalue weighted by molar-refractivity contribution is 0.0941. The summed E-state index contributed by atoms with van der Waals surface area (Å²) in [6, 6.07) is 7.86. The first-order valence-electron chi connectivity index (χ1n) is 7.89. The Hall–Kier alpha value is -2.76. The summed E-state index contributed by atoms with van der Waals surface area (Å²) in [6.45, 7) is 3.97. The van der Waals surface area contributed by atoms with Crippen molar-refractivity contribution < 1.29 is 9.18 Å². The zero-order valence-electron chi connectivity index (χ0n) is 13.9. The monoisotopic (exact) mass is 326 g/mol. The number of carbonyl (C=O) groups excluding carboxylic acids is 1. The standard InChI is InChI=1S/C18H19FN4O/c1-4-11(2)21-18(24)14-9-16(12-5-7-13(19)8-6-12)22-17-15(14)10-20-23(17)3/h5-11H,4H2,1-3H3,(H,21,24). The Morgan fingerprint density at radius 1 is 1.33 bits per heavy atom. The number of nitrogens with one attached hydrogen (secondary N) is 1. The summed E-state index contributed by atoms with van der Waals surface area (Å²) in [5.74, 6) is -0.469. The maximum Gasteiger partial charge on any atom is 0.252 e. The third kappa shape index (κ3) is 2.99. The number of fused-ring (bicyclic) bond motifs is 1. The van der Waals surface area contributed by atoms with E-state index in [-0.39, 0.29) is 17.8 Å². The van der Waals surface area contributed by atoms with Gasteiger partial charge in [-0.2, -0.15) is 5.10 Å². The molecule has 0 bridgehead atoms. The van der Waals surface area contributed by atoms with Crippen LogP contribution in [-0.4, -0.2) is 26.7 Å². The number of amides is 1. The number of carbonyl (C=O) groups is 1. The summed E-state index contributed by atoms with van der Waals surface area (Å²) in [6.07, 6.45) is 2.49. The fourth-order valence-corrected chi connectivity index (χ4v) is 2.47. The third-order valence-electron chi connectivity index (χ3n) is 4.08. The Morgan fingerprint density at radius 3 is 2.71 bits per heavy atom. The van der Waals surface area contributed by atoms with Gasteiger partial charge in [0, 0.05) is 18.7 Å². The number of hydrogen-bond acceptors (Lipinski definition) is 3. The van der Waals surface area contributed by atoms with Crippen LogP contribution in [0.2, 0.25) is 0 Å². The van der Waals surface area contributed by atoms with Crippen LogP contribution in [0.4, 0.5) is 4.39 Å². The number of aryl methyl sites for hydroxylation is 1. The van der Waals surface area contributed by atoms with Gasteiger partial charge in [0.2, 0.25) is 0 Å². The van der Waals surface area contributed by atoms with Gasteiger partial charge in [0.25, 0.3) is 5.91 Å². The topological polar surface area (TPSA) is 59.8 Å². The van der Waals surface area contributed by atoms with Gasteiger partial charge in [0.15, 0.2) is 5.65 Å². The molecule has 2 heterocycles. The first-order chi connectivity index (χ1) is 11.5. The molecule has 1 unspecified atom stereocenters. The summed E-state index contributed by atoms with van der Waals surface area (Å²) >= 11 is 0. The lowest BCUT2D eigenvalue weighted by atomic mass is 10.1. The van der Waals surface area contributed by atoms with Gasteiger partial charge < -0.3 is 5.32 Å². The Kier molecular flexibility index (Phi) is 4.29. The van der Waals surface area contributed by atoms with Crippen molar-refractivity contribution in [3.05, 3.63) is 47.9 Å². The van der Waals surface area contributed by atoms with Gasteiger partial charge in [-0.15, -0.1) is 0 Å². The number of rotatable bonds is 4. The van der Waals surface area contributed by atoms with Crippen LogP contribution in [0.5, 0.6) is 0 Å². The SMILES string of the molecule is CCC(C)NC(=O)c1cc(-c2ccc(F)cc2)nc2c1cnn2C. The zero-order chi connectivity index (χ0) is 17.3. The molecular weight excluding hydrogens is 307 g/mol. The van der Waals surface area contributed by atoms with E-state index in [9.17, 15) is 9.18 Å². The van der Waals surface area contributed by atoms with Gasteiger partial charge in [-0.1, -0.05) is 6.92 Å². The molecule has 1 amide bonds. The maximum atomic E-state index is 13.2. The normalized spacial score (nSPS) is 12.3. The summed E-state index contributed by atoms with van der Waals surface area (Å²) in [5.41, 5.74) is 2.50. The number of halogens is 1. The minimum absolute atomic E-state index is 0.0756. The van der Waals surface area contributed by atoms with E-state index in [1.807, 2.05) is 13.8 Å². The molecule has 0 saturated heterocycles. The van der Waals surface area contributed by atoms with Crippen LogP contribution >= 0.6 is 0 Å². The number of hydrogen-bond donors (Lipinski definition) is 1. The largest absolute Gasteiger partial charge is 0.350 e. The van der Waals surface area contributed by atoms with Crippen molar-refractivity contribution in [2.45, 2.75) is 26.3 Å². The lowest BCUT2D eigenvalue weighted by Crippen LogP contribution is -2.32. The minimum Gasteiger partial charge on any atom is -0.350 e. The van der Waals surface area contributed by atoms with Crippen LogP contribution in [-0.2, 0) is 7.05 Å². The van der Waals surface area contributed by atoms with Gasteiger partial charge in [-0.3, -0.25) is 9.48 Å². The van der Waals surface area contributed by atoms with Crippen LogP contribution in [0.3, 0.4) is 0 Å². The first-order valence-corrected chi connectivity index (χ1v) is 7.89. The molecule has 6 heteroatoms. The molecule has 5 nitrogen and oxygen atoms in total. The average Bonchev–Trinajstić information content (AvgIpc) is 2.95. The van der Waals surface area contributed by atoms with E-state index in [1.54, 1.807) is 36.1 Å². The molecular formula is C18H19FN4O. The fourth-order valence-electron chi connectivity index (χ4n) is 2.47. The van der Waals surface area contributed by atoms with E-state index in [0.29, 0.717) is 22.3 Å². The Balaban J connectivity index is 2.13. The van der Waals surface area contributed by atoms with Crippen molar-refractivity contribution in [3.63, 3.8) is 0 Å². The Morgan fingerprint density at radius 2 is 2.04 bits per heavy atom. The number of nitrogens with zero attached hydrogens (tertiary/aromatic N) is 3. The van der Waals surface area contributed by atoms with E-state index >= 15 is 0 Å². The van der Waals surface area contributed by atoms with Crippen molar-refractivity contribution in [2.24, 2.45) is 7.05 Å². The van der Waals surface area contributed by atoms with Gasteiger partial charge in [0.05, 0.1) is 22.8 Å². The Labute approximate surface area is 139 Å². The number of aromatic nitrogens is 3. The summed E-state index contributed by atoms with van der Waals surface area (Å²) in [5, 5.41) is 7.87. The number of pyridine rings is 1. The molecule has 1 aromatic carbocycles. The molecule has 0 spiro atoms. The summed E-state index contributed by atoms with van der Waals surface area (Å²) < 4.78 is 14.8. The maximum absolute atomic E-state index is 13.2. The molecule has 2 aromatic heterocycles. The molecule has 1 atom stereocenters. The molecule has 0 aliphatic carbocycles. The van der Waals surface area contributed by atoms with E-state index in [0.717, 1.165) is 12.0 Å². The average molecular weight is 326 g/mol. The van der Waals surface area contributed by atoms with Crippen molar-refractivity contribution in [1.29, 1.82) is 0 Å². The van der Waals surface area contributed by atoms with Gasteiger partial charge in [-0.25, -0.2) is 9.37 Å². The quantitative estimate of drug-likeness (QED) is 0.800. The predicted octanol–water partition coefficient (Wildman–Crippen LogP) is 3.30. The molecule has 0 fully saturated rings. The van der Waals surface area contributed by atoms with Crippen LogP contribution in [0.15, 0.2) is 36.5 Å². The summed E-state index contributed by atoms with van der Waals surface area (Å²) in [7, 11) is 1.78. The van der Waals surface area contributed by atoms with Gasteiger partial charge in [0.1, 0.15) is 5.82 Å². The van der Waals surface area contributed by atoms with Crippen LogP contribution < -0.4 is 5.32 Å². The lowest BCUT2D eigenvalue weighted by Gasteiger charge is -2.13. The van der Waals surface area contributed by atoms with Crippen LogP contribution in [0.1, 0.15) is 30.6 Å². The first kappa shape index (κ1) is 16.1. The second-order valence-electron chi connectivity index (χ2n) is 5.85. The van der Waals surface area contributed by atoms with Crippen molar-refractivity contribution in [1.82, 2.24) is 20.1 Å². The highest BCUT2D eigenvalue weighted by Gasteiger charge is 2.17. The second kappa shape index (κ2) is 6.39. The van der Waals surface area contributed by atoms with E-state index in [1.165, 1.54) is 12.1 Å². The highest BCUT2D eigenvalue weighted by Crippen LogP contribution is 2.25. The van der Waals surface area contributed by atoms with Crippen molar-refractivity contribution in [3.8, 4) is 11.3 Å². The summed E-state index contributed by atoms with van der Waals surface area (Å²) in [4.78, 5) is 17.2. The predicted molar refractivity (Wildman–Crippen MR) is 91.1 cm³/mol. The van der Waals surface area contributed by atoms with E-state index in [4.69, 9.17) is 0 Å². The molecule has 24 heavy (non-hydrogen) atoms. The minimum atomic E-state index is -0.310. The van der Waals surface area contributed by atoms with Crippen molar-refractivity contribution >= 4 is 16.9 Å². The highest BCUT2D eigenvalue weighted by molar-refractivity contribution is 6.06.